The van der Waals surface area contributed by atoms with E-state index < -0.39 is 17.7 Å². The summed E-state index contributed by atoms with van der Waals surface area (Å²) in [5, 5.41) is 14.8. The molecule has 2 amide bonds. The van der Waals surface area contributed by atoms with Crippen LogP contribution in [0.1, 0.15) is 46.5 Å². The first kappa shape index (κ1) is 22.1. The Kier molecular flexibility index (Phi) is 8.77. The summed E-state index contributed by atoms with van der Waals surface area (Å²) < 4.78 is 0. The van der Waals surface area contributed by atoms with Crippen LogP contribution in [0.5, 0.6) is 0 Å². The molecule has 3 N–H and O–H groups in total. The summed E-state index contributed by atoms with van der Waals surface area (Å²) in [5.41, 5.74) is -1.08. The van der Waals surface area contributed by atoms with Crippen LogP contribution in [0.2, 0.25) is 0 Å². The van der Waals surface area contributed by atoms with Gasteiger partial charge in [-0.3, -0.25) is 14.6 Å². The number of amides is 2. The van der Waals surface area contributed by atoms with Crippen LogP contribution < -0.4 is 10.6 Å². The van der Waals surface area contributed by atoms with Gasteiger partial charge < -0.3 is 15.7 Å². The molecule has 0 saturated heterocycles. The molecule has 1 rings (SSSR count). The molecule has 0 aromatic rings. The fourth-order valence-corrected chi connectivity index (χ4v) is 2.65. The highest BCUT2D eigenvalue weighted by atomic mass is 32.1. The molecule has 2 atom stereocenters. The number of hydrogen-bond donors (Lipinski definition) is 4. The molecule has 146 valence electrons. The van der Waals surface area contributed by atoms with Crippen molar-refractivity contribution in [2.75, 3.05) is 12.3 Å². The predicted octanol–water partition coefficient (Wildman–Crippen LogP) is 1.06. The van der Waals surface area contributed by atoms with Gasteiger partial charge >= 0.3 is 5.97 Å². The maximum absolute atomic E-state index is 12.4. The Labute approximate surface area is 159 Å². The molecule has 8 nitrogen and oxygen atoms in total. The molecule has 0 aromatic heterocycles. The lowest BCUT2D eigenvalue weighted by molar-refractivity contribution is -0.143. The summed E-state index contributed by atoms with van der Waals surface area (Å²) in [5.74, 6) is -1.54. The van der Waals surface area contributed by atoms with Crippen molar-refractivity contribution >= 4 is 42.3 Å². The summed E-state index contributed by atoms with van der Waals surface area (Å²) in [4.78, 5) is 43.7. The molecule has 2 unspecified atom stereocenters. The number of unbranched alkanes of at least 4 members (excludes halogenated alkanes) is 1. The molecular formula is C17H28N4O4S. The van der Waals surface area contributed by atoms with Gasteiger partial charge in [0.2, 0.25) is 17.5 Å². The monoisotopic (exact) mass is 384 g/mol. The van der Waals surface area contributed by atoms with Gasteiger partial charge in [-0.1, -0.05) is 27.2 Å². The maximum atomic E-state index is 12.4. The first-order valence-corrected chi connectivity index (χ1v) is 9.42. The minimum atomic E-state index is -1.48. The molecule has 0 aromatic carbocycles. The number of carboxylic acids is 1. The Morgan fingerprint density at radius 3 is 2.58 bits per heavy atom. The van der Waals surface area contributed by atoms with Gasteiger partial charge in [0.15, 0.2) is 0 Å². The molecule has 1 heterocycles. The van der Waals surface area contributed by atoms with Crippen LogP contribution in [0.4, 0.5) is 0 Å². The molecule has 0 spiro atoms. The normalized spacial score (nSPS) is 20.0. The Bertz CT molecular complexity index is 591. The molecule has 0 bridgehead atoms. The van der Waals surface area contributed by atoms with E-state index in [1.807, 2.05) is 20.8 Å². The van der Waals surface area contributed by atoms with Crippen LogP contribution >= 0.6 is 12.6 Å². The van der Waals surface area contributed by atoms with Gasteiger partial charge in [0.1, 0.15) is 6.04 Å². The maximum Gasteiger partial charge on any atom is 0.354 e. The highest BCUT2D eigenvalue weighted by Crippen LogP contribution is 2.24. The Hall–Kier alpha value is -1.90. The quantitative estimate of drug-likeness (QED) is 0.398. The van der Waals surface area contributed by atoms with Crippen molar-refractivity contribution in [1.29, 1.82) is 0 Å². The lowest BCUT2D eigenvalue weighted by Gasteiger charge is -2.20. The van der Waals surface area contributed by atoms with Crippen molar-refractivity contribution in [2.24, 2.45) is 15.9 Å². The van der Waals surface area contributed by atoms with E-state index in [1.165, 1.54) is 6.21 Å². The number of rotatable bonds is 11. The fraction of sp³-hybridized carbons (Fsp3) is 0.706. The van der Waals surface area contributed by atoms with Crippen LogP contribution in [-0.4, -0.2) is 58.8 Å². The SMILES string of the molecule is CCCCC1(C(=O)O)N=CC(CNC(=O)C(CC(C)C)NC(=O)CS)=N1. The number of aliphatic carboxylic acids is 1. The Balaban J connectivity index is 2.72. The topological polar surface area (TPSA) is 120 Å². The third kappa shape index (κ3) is 6.44. The first-order valence-electron chi connectivity index (χ1n) is 8.79. The zero-order chi connectivity index (χ0) is 19.7. The molecule has 1 aliphatic heterocycles. The first-order chi connectivity index (χ1) is 12.2. The summed E-state index contributed by atoms with van der Waals surface area (Å²) in [6.07, 6.45) is 3.74. The van der Waals surface area contributed by atoms with Crippen LogP contribution in [0.15, 0.2) is 9.98 Å². The van der Waals surface area contributed by atoms with Crippen molar-refractivity contribution in [1.82, 2.24) is 10.6 Å². The zero-order valence-corrected chi connectivity index (χ0v) is 16.4. The van der Waals surface area contributed by atoms with Crippen molar-refractivity contribution in [3.63, 3.8) is 0 Å². The van der Waals surface area contributed by atoms with Gasteiger partial charge in [0.05, 0.1) is 18.0 Å². The van der Waals surface area contributed by atoms with Crippen LogP contribution in [-0.2, 0) is 14.4 Å². The average Bonchev–Trinajstić information content (AvgIpc) is 3.01. The molecule has 9 heteroatoms. The van der Waals surface area contributed by atoms with E-state index in [0.717, 1.165) is 6.42 Å². The van der Waals surface area contributed by atoms with E-state index in [4.69, 9.17) is 0 Å². The minimum absolute atomic E-state index is 0.000197. The van der Waals surface area contributed by atoms with Gasteiger partial charge in [-0.2, -0.15) is 12.6 Å². The molecule has 0 fully saturated rings. The second-order valence-electron chi connectivity index (χ2n) is 6.71. The van der Waals surface area contributed by atoms with E-state index in [2.05, 4.69) is 33.2 Å². The molecule has 0 saturated carbocycles. The number of nitrogens with zero attached hydrogens (tertiary/aromatic N) is 2. The summed E-state index contributed by atoms with van der Waals surface area (Å²) >= 11 is 3.90. The highest BCUT2D eigenvalue weighted by molar-refractivity contribution is 7.81. The second-order valence-corrected chi connectivity index (χ2v) is 7.03. The smallest absolute Gasteiger partial charge is 0.354 e. The second kappa shape index (κ2) is 10.3. The predicted molar refractivity (Wildman–Crippen MR) is 104 cm³/mol. The van der Waals surface area contributed by atoms with Crippen LogP contribution in [0.25, 0.3) is 0 Å². The van der Waals surface area contributed by atoms with Crippen molar-refractivity contribution in [2.45, 2.75) is 58.2 Å². The Morgan fingerprint density at radius 2 is 2.04 bits per heavy atom. The van der Waals surface area contributed by atoms with Gasteiger partial charge in [0, 0.05) is 12.6 Å². The minimum Gasteiger partial charge on any atom is -0.478 e. The summed E-state index contributed by atoms with van der Waals surface area (Å²) in [6, 6.07) is -0.669. The highest BCUT2D eigenvalue weighted by Gasteiger charge is 2.39. The number of thiol groups is 1. The number of aliphatic imine (C=N–C) groups is 2. The standard InChI is InChI=1S/C17H28N4O4S/c1-4-5-6-17(16(24)25)19-9-12(21-17)8-18-15(23)13(7-11(2)3)20-14(22)10-26/h9,11,13,26H,4-8,10H2,1-3H3,(H,18,23)(H,20,22)(H,24,25). The van der Waals surface area contributed by atoms with E-state index in [1.54, 1.807) is 0 Å². The lowest BCUT2D eigenvalue weighted by atomic mass is 10.0. The van der Waals surface area contributed by atoms with Crippen LogP contribution in [0, 0.1) is 5.92 Å². The van der Waals surface area contributed by atoms with E-state index in [9.17, 15) is 19.5 Å². The van der Waals surface area contributed by atoms with Crippen molar-refractivity contribution < 1.29 is 19.5 Å². The number of carbonyl (C=O) groups excluding carboxylic acids is 2. The summed E-state index contributed by atoms with van der Waals surface area (Å²) in [7, 11) is 0. The molecule has 0 aliphatic carbocycles. The lowest BCUT2D eigenvalue weighted by Crippen LogP contribution is -2.49. The fourth-order valence-electron chi connectivity index (χ4n) is 2.56. The van der Waals surface area contributed by atoms with E-state index >= 15 is 0 Å². The van der Waals surface area contributed by atoms with Gasteiger partial charge in [-0.05, 0) is 18.8 Å². The summed E-state index contributed by atoms with van der Waals surface area (Å²) in [6.45, 7) is 5.94. The zero-order valence-electron chi connectivity index (χ0n) is 15.5. The van der Waals surface area contributed by atoms with Gasteiger partial charge in [-0.15, -0.1) is 0 Å². The largest absolute Gasteiger partial charge is 0.478 e. The third-order valence-electron chi connectivity index (χ3n) is 3.92. The van der Waals surface area contributed by atoms with Crippen molar-refractivity contribution in [3.8, 4) is 0 Å². The number of nitrogens with one attached hydrogen (secondary N) is 2. The molecule has 1 aliphatic rings. The van der Waals surface area contributed by atoms with Gasteiger partial charge in [-0.25, -0.2) is 9.79 Å². The van der Waals surface area contributed by atoms with Crippen molar-refractivity contribution in [3.05, 3.63) is 0 Å². The van der Waals surface area contributed by atoms with E-state index in [0.29, 0.717) is 25.0 Å². The number of carbonyl (C=O) groups is 3. The van der Waals surface area contributed by atoms with Crippen LogP contribution in [0.3, 0.4) is 0 Å². The van der Waals surface area contributed by atoms with E-state index in [-0.39, 0.29) is 30.0 Å². The van der Waals surface area contributed by atoms with Gasteiger partial charge in [0.25, 0.3) is 0 Å². The average molecular weight is 385 g/mol. The molecular weight excluding hydrogens is 356 g/mol. The Morgan fingerprint density at radius 1 is 1.35 bits per heavy atom. The molecule has 0 radical (unpaired) electrons. The number of hydrogen-bond acceptors (Lipinski definition) is 6. The molecule has 26 heavy (non-hydrogen) atoms. The third-order valence-corrected chi connectivity index (χ3v) is 4.21. The number of carboxylic acid groups (broad SMARTS) is 1.